The zero-order valence-electron chi connectivity index (χ0n) is 10.6. The van der Waals surface area contributed by atoms with Crippen LogP contribution in [0.25, 0.3) is 0 Å². The van der Waals surface area contributed by atoms with Crippen LogP contribution < -0.4 is 5.32 Å². The Morgan fingerprint density at radius 3 is 3.00 bits per heavy atom. The molecule has 1 N–H and O–H groups in total. The molecule has 0 fully saturated rings. The van der Waals surface area contributed by atoms with Crippen molar-refractivity contribution in [2.45, 2.75) is 25.2 Å². The minimum Gasteiger partial charge on any atom is -0.310 e. The first-order chi connectivity index (χ1) is 9.19. The Hall–Kier alpha value is -2.23. The van der Waals surface area contributed by atoms with Crippen molar-refractivity contribution in [3.63, 3.8) is 0 Å². The van der Waals surface area contributed by atoms with E-state index in [1.54, 1.807) is 6.20 Å². The summed E-state index contributed by atoms with van der Waals surface area (Å²) in [5.41, 5.74) is 3.97. The molecular weight excluding hydrogens is 238 g/mol. The number of aryl methyl sites for hydroxylation is 1. The third kappa shape index (κ3) is 1.31. The molecule has 2 aromatic rings. The minimum absolute atomic E-state index is 0.0649. The molecule has 4 heteroatoms. The van der Waals surface area contributed by atoms with Crippen molar-refractivity contribution in [3.8, 4) is 0 Å². The van der Waals surface area contributed by atoms with E-state index in [1.807, 2.05) is 25.3 Å². The number of rotatable bonds is 0. The predicted octanol–water partition coefficient (Wildman–Crippen LogP) is 1.77. The second kappa shape index (κ2) is 3.41. The fraction of sp³-hybridized carbons (Fsp3) is 0.267. The molecule has 1 aliphatic carbocycles. The topological polar surface area (TPSA) is 54.9 Å². The van der Waals surface area contributed by atoms with Gasteiger partial charge in [0.05, 0.1) is 5.41 Å². The number of aromatic nitrogens is 2. The van der Waals surface area contributed by atoms with Gasteiger partial charge in [0.1, 0.15) is 5.82 Å². The molecule has 19 heavy (non-hydrogen) atoms. The quantitative estimate of drug-likeness (QED) is 0.776. The van der Waals surface area contributed by atoms with Crippen molar-refractivity contribution in [2.75, 3.05) is 5.32 Å². The van der Waals surface area contributed by atoms with Gasteiger partial charge in [0.2, 0.25) is 5.91 Å². The highest BCUT2D eigenvalue weighted by Gasteiger charge is 2.51. The highest BCUT2D eigenvalue weighted by molar-refractivity contribution is 6.06. The van der Waals surface area contributed by atoms with E-state index in [2.05, 4.69) is 21.4 Å². The number of anilines is 1. The Morgan fingerprint density at radius 2 is 2.11 bits per heavy atom. The maximum Gasteiger partial charge on any atom is 0.237 e. The highest BCUT2D eigenvalue weighted by atomic mass is 16.2. The third-order valence-electron chi connectivity index (χ3n) is 4.19. The zero-order chi connectivity index (χ0) is 13.0. The van der Waals surface area contributed by atoms with Crippen molar-refractivity contribution < 1.29 is 4.79 Å². The summed E-state index contributed by atoms with van der Waals surface area (Å²) < 4.78 is 0. The Morgan fingerprint density at radius 1 is 1.26 bits per heavy atom. The summed E-state index contributed by atoms with van der Waals surface area (Å²) in [6.45, 7) is 1.98. The molecule has 0 aromatic carbocycles. The molecule has 3 heterocycles. The highest BCUT2D eigenvalue weighted by Crippen LogP contribution is 2.46. The summed E-state index contributed by atoms with van der Waals surface area (Å²) in [5.74, 6) is 0.778. The van der Waals surface area contributed by atoms with Crippen molar-refractivity contribution in [1.29, 1.82) is 0 Å². The lowest BCUT2D eigenvalue weighted by Gasteiger charge is -2.20. The molecule has 0 saturated carbocycles. The van der Waals surface area contributed by atoms with E-state index in [0.29, 0.717) is 5.82 Å². The molecule has 0 radical (unpaired) electrons. The van der Waals surface area contributed by atoms with Gasteiger partial charge in [-0.15, -0.1) is 0 Å². The van der Waals surface area contributed by atoms with E-state index >= 15 is 0 Å². The first-order valence-corrected chi connectivity index (χ1v) is 6.40. The summed E-state index contributed by atoms with van der Waals surface area (Å²) in [6.07, 6.45) is 5.09. The molecule has 4 nitrogen and oxygen atoms in total. The lowest BCUT2D eigenvalue weighted by atomic mass is 9.79. The van der Waals surface area contributed by atoms with E-state index in [9.17, 15) is 4.79 Å². The Kier molecular flexibility index (Phi) is 1.91. The van der Waals surface area contributed by atoms with Crippen LogP contribution in [0.5, 0.6) is 0 Å². The van der Waals surface area contributed by atoms with Gasteiger partial charge in [-0.1, -0.05) is 6.07 Å². The van der Waals surface area contributed by atoms with Crippen molar-refractivity contribution in [1.82, 2.24) is 9.97 Å². The maximum absolute atomic E-state index is 12.4. The summed E-state index contributed by atoms with van der Waals surface area (Å²) in [5, 5.41) is 2.91. The molecule has 1 spiro atoms. The van der Waals surface area contributed by atoms with Crippen LogP contribution in [0.1, 0.15) is 22.4 Å². The number of nitrogens with zero attached hydrogens (tertiary/aromatic N) is 2. The Balaban J connectivity index is 1.88. The van der Waals surface area contributed by atoms with Crippen molar-refractivity contribution >= 4 is 11.7 Å². The van der Waals surface area contributed by atoms with E-state index in [0.717, 1.165) is 24.1 Å². The van der Waals surface area contributed by atoms with E-state index in [1.165, 1.54) is 11.1 Å². The largest absolute Gasteiger partial charge is 0.310 e. The van der Waals surface area contributed by atoms with Gasteiger partial charge in [-0.2, -0.15) is 0 Å². The predicted molar refractivity (Wildman–Crippen MR) is 70.9 cm³/mol. The average Bonchev–Trinajstić information content (AvgIpc) is 2.90. The number of pyridine rings is 2. The van der Waals surface area contributed by atoms with Gasteiger partial charge in [-0.05, 0) is 43.0 Å². The second-order valence-corrected chi connectivity index (χ2v) is 5.38. The van der Waals surface area contributed by atoms with Gasteiger partial charge < -0.3 is 5.32 Å². The summed E-state index contributed by atoms with van der Waals surface area (Å²) in [4.78, 5) is 21.0. The lowest BCUT2D eigenvalue weighted by molar-refractivity contribution is -0.120. The first kappa shape index (κ1) is 10.7. The van der Waals surface area contributed by atoms with E-state index < -0.39 is 5.41 Å². The van der Waals surface area contributed by atoms with Gasteiger partial charge in [0.25, 0.3) is 0 Å². The summed E-state index contributed by atoms with van der Waals surface area (Å²) in [6, 6.07) is 5.99. The Labute approximate surface area is 110 Å². The fourth-order valence-electron chi connectivity index (χ4n) is 3.27. The minimum atomic E-state index is -0.471. The molecule has 0 unspecified atom stereocenters. The van der Waals surface area contributed by atoms with Crippen LogP contribution in [0.15, 0.2) is 30.6 Å². The van der Waals surface area contributed by atoms with Gasteiger partial charge >= 0.3 is 0 Å². The smallest absolute Gasteiger partial charge is 0.237 e. The van der Waals surface area contributed by atoms with Gasteiger partial charge in [-0.25, -0.2) is 4.98 Å². The number of hydrogen-bond acceptors (Lipinski definition) is 3. The van der Waals surface area contributed by atoms with E-state index in [4.69, 9.17) is 0 Å². The number of carbonyl (C=O) groups excluding carboxylic acids is 1. The average molecular weight is 251 g/mol. The van der Waals surface area contributed by atoms with Crippen molar-refractivity contribution in [2.24, 2.45) is 0 Å². The molecule has 0 bridgehead atoms. The SMILES string of the molecule is Cc1cc2c(cn1)C[C@]1(C2)C(=O)Nc2ncccc21. The molecule has 1 atom stereocenters. The first-order valence-electron chi connectivity index (χ1n) is 6.40. The van der Waals surface area contributed by atoms with Crippen LogP contribution in [0.4, 0.5) is 5.82 Å². The molecule has 2 aromatic heterocycles. The maximum atomic E-state index is 12.4. The monoisotopic (exact) mass is 251 g/mol. The molecule has 94 valence electrons. The molecule has 0 saturated heterocycles. The lowest BCUT2D eigenvalue weighted by Crippen LogP contribution is -2.35. The third-order valence-corrected chi connectivity index (χ3v) is 4.19. The second-order valence-electron chi connectivity index (χ2n) is 5.38. The normalized spacial score (nSPS) is 23.3. The van der Waals surface area contributed by atoms with Crippen LogP contribution in [-0.2, 0) is 23.1 Å². The molecule has 1 aliphatic heterocycles. The van der Waals surface area contributed by atoms with E-state index in [-0.39, 0.29) is 5.91 Å². The number of fused-ring (bicyclic) bond motifs is 3. The summed E-state index contributed by atoms with van der Waals surface area (Å²) >= 11 is 0. The fourth-order valence-corrected chi connectivity index (χ4v) is 3.27. The van der Waals surface area contributed by atoms with Crippen LogP contribution in [0.3, 0.4) is 0 Å². The van der Waals surface area contributed by atoms with Gasteiger partial charge in [-0.3, -0.25) is 9.78 Å². The zero-order valence-corrected chi connectivity index (χ0v) is 10.6. The number of nitrogens with one attached hydrogen (secondary N) is 1. The van der Waals surface area contributed by atoms with Gasteiger partial charge in [0.15, 0.2) is 0 Å². The molecule has 2 aliphatic rings. The van der Waals surface area contributed by atoms with Gasteiger partial charge in [0, 0.05) is 23.7 Å². The number of hydrogen-bond donors (Lipinski definition) is 1. The van der Waals surface area contributed by atoms with Crippen LogP contribution in [0.2, 0.25) is 0 Å². The molecule has 4 rings (SSSR count). The number of amides is 1. The standard InChI is InChI=1S/C15H13N3O/c1-9-5-10-6-15(7-11(10)8-17-9)12-3-2-4-16-13(12)18-14(15)19/h2-5,8H,6-7H2,1H3,(H,16,18,19)/t15-/m0/s1. The van der Waals surface area contributed by atoms with Crippen LogP contribution in [0, 0.1) is 6.92 Å². The Bertz CT molecular complexity index is 710. The van der Waals surface area contributed by atoms with Crippen LogP contribution >= 0.6 is 0 Å². The number of carbonyl (C=O) groups is 1. The summed E-state index contributed by atoms with van der Waals surface area (Å²) in [7, 11) is 0. The molecule has 1 amide bonds. The van der Waals surface area contributed by atoms with Crippen LogP contribution in [-0.4, -0.2) is 15.9 Å². The van der Waals surface area contributed by atoms with Crippen molar-refractivity contribution in [3.05, 3.63) is 53.0 Å². The molecular formula is C15H13N3O.